The molecule has 1 amide bonds. The van der Waals surface area contributed by atoms with Crippen LogP contribution in [0.4, 0.5) is 5.82 Å². The number of nitrogens with zero attached hydrogens (tertiary/aromatic N) is 3. The highest BCUT2D eigenvalue weighted by atomic mass is 32.1. The van der Waals surface area contributed by atoms with E-state index in [2.05, 4.69) is 45.6 Å². The van der Waals surface area contributed by atoms with Crippen molar-refractivity contribution in [2.75, 3.05) is 18.5 Å². The molecule has 4 heterocycles. The van der Waals surface area contributed by atoms with Crippen LogP contribution in [-0.2, 0) is 6.54 Å². The van der Waals surface area contributed by atoms with Crippen molar-refractivity contribution in [2.45, 2.75) is 32.4 Å². The van der Waals surface area contributed by atoms with Crippen LogP contribution in [0.3, 0.4) is 0 Å². The summed E-state index contributed by atoms with van der Waals surface area (Å²) in [5.74, 6) is 0.743. The van der Waals surface area contributed by atoms with E-state index in [1.807, 2.05) is 6.92 Å². The first-order valence-corrected chi connectivity index (χ1v) is 11.7. The Morgan fingerprint density at radius 3 is 3.00 bits per heavy atom. The fourth-order valence-electron chi connectivity index (χ4n) is 4.13. The highest BCUT2D eigenvalue weighted by Gasteiger charge is 2.31. The van der Waals surface area contributed by atoms with E-state index in [1.54, 1.807) is 22.6 Å². The number of hydrogen-bond acceptors (Lipinski definition) is 7. The molecular weight excluding hydrogens is 416 g/mol. The van der Waals surface area contributed by atoms with Gasteiger partial charge in [0.1, 0.15) is 17.0 Å². The van der Waals surface area contributed by atoms with Gasteiger partial charge in [0.25, 0.3) is 5.91 Å². The normalized spacial score (nSPS) is 16.6. The summed E-state index contributed by atoms with van der Waals surface area (Å²) in [6.45, 7) is 3.34. The number of carbonyl (C=O) groups excluding carboxylic acids is 1. The Balaban J connectivity index is 1.44. The number of aromatic nitrogens is 2. The number of thiophene rings is 2. The molecule has 4 aromatic rings. The molecule has 1 aliphatic heterocycles. The third-order valence-corrected chi connectivity index (χ3v) is 7.98. The van der Waals surface area contributed by atoms with Gasteiger partial charge in [0.2, 0.25) is 0 Å². The highest BCUT2D eigenvalue weighted by molar-refractivity contribution is 7.20. The maximum absolute atomic E-state index is 13.2. The van der Waals surface area contributed by atoms with Crippen LogP contribution in [0.2, 0.25) is 0 Å². The molecule has 2 N–H and O–H groups in total. The zero-order chi connectivity index (χ0) is 20.7. The van der Waals surface area contributed by atoms with Gasteiger partial charge < -0.3 is 15.3 Å². The summed E-state index contributed by atoms with van der Waals surface area (Å²) in [7, 11) is 0. The van der Waals surface area contributed by atoms with Gasteiger partial charge in [-0.1, -0.05) is 18.2 Å². The minimum atomic E-state index is -0.0845. The van der Waals surface area contributed by atoms with Gasteiger partial charge in [-0.25, -0.2) is 9.97 Å². The van der Waals surface area contributed by atoms with E-state index in [0.717, 1.165) is 34.4 Å². The molecule has 1 atom stereocenters. The number of rotatable bonds is 5. The first-order valence-electron chi connectivity index (χ1n) is 10.0. The Morgan fingerprint density at radius 1 is 1.30 bits per heavy atom. The largest absolute Gasteiger partial charge is 0.394 e. The summed E-state index contributed by atoms with van der Waals surface area (Å²) in [5.41, 5.74) is 0.906. The van der Waals surface area contributed by atoms with Gasteiger partial charge in [0, 0.05) is 16.1 Å². The lowest BCUT2D eigenvalue weighted by Gasteiger charge is -2.22. The number of benzene rings is 1. The van der Waals surface area contributed by atoms with E-state index in [1.165, 1.54) is 26.3 Å². The predicted octanol–water partition coefficient (Wildman–Crippen LogP) is 4.42. The number of nitrogens with one attached hydrogen (secondary N) is 1. The molecule has 30 heavy (non-hydrogen) atoms. The van der Waals surface area contributed by atoms with Crippen LogP contribution in [0.1, 0.15) is 33.0 Å². The average Bonchev–Trinajstić information content (AvgIpc) is 3.48. The zero-order valence-corrected chi connectivity index (χ0v) is 18.2. The lowest BCUT2D eigenvalue weighted by Crippen LogP contribution is -2.37. The third-order valence-electron chi connectivity index (χ3n) is 5.68. The lowest BCUT2D eigenvalue weighted by molar-refractivity contribution is 0.0682. The second kappa shape index (κ2) is 7.94. The van der Waals surface area contributed by atoms with Crippen molar-refractivity contribution < 1.29 is 9.90 Å². The van der Waals surface area contributed by atoms with Crippen molar-refractivity contribution in [1.82, 2.24) is 14.9 Å². The number of carbonyl (C=O) groups is 1. The molecule has 0 radical (unpaired) electrons. The quantitative estimate of drug-likeness (QED) is 0.482. The van der Waals surface area contributed by atoms with Gasteiger partial charge in [-0.2, -0.15) is 0 Å². The van der Waals surface area contributed by atoms with Gasteiger partial charge in [-0.15, -0.1) is 22.7 Å². The monoisotopic (exact) mass is 438 g/mol. The number of aliphatic hydroxyl groups excluding tert-OH is 1. The fourth-order valence-corrected chi connectivity index (χ4v) is 6.24. The summed E-state index contributed by atoms with van der Waals surface area (Å²) in [6.07, 6.45) is 3.34. The Labute approximate surface area is 182 Å². The van der Waals surface area contributed by atoms with Gasteiger partial charge in [-0.3, -0.25) is 4.79 Å². The molecule has 1 aliphatic rings. The SMILES string of the molecule is Cc1c(C(=O)N2CCC[C@H]2CO)sc2ncnc(NCc3cc4ccccc4s3)c12. The third kappa shape index (κ3) is 3.34. The average molecular weight is 439 g/mol. The summed E-state index contributed by atoms with van der Waals surface area (Å²) in [6, 6.07) is 10.5. The molecular formula is C22H22N4O2S2. The van der Waals surface area contributed by atoms with Gasteiger partial charge in [0.15, 0.2) is 0 Å². The van der Waals surface area contributed by atoms with Crippen LogP contribution in [0.25, 0.3) is 20.3 Å². The highest BCUT2D eigenvalue weighted by Crippen LogP contribution is 2.35. The zero-order valence-electron chi connectivity index (χ0n) is 16.6. The molecule has 1 aromatic carbocycles. The molecule has 0 unspecified atom stereocenters. The van der Waals surface area contributed by atoms with Crippen molar-refractivity contribution in [3.63, 3.8) is 0 Å². The Hall–Kier alpha value is -2.55. The number of anilines is 1. The van der Waals surface area contributed by atoms with Crippen LogP contribution in [-0.4, -0.2) is 45.1 Å². The first-order chi connectivity index (χ1) is 14.7. The van der Waals surface area contributed by atoms with E-state index in [9.17, 15) is 9.90 Å². The molecule has 0 spiro atoms. The lowest BCUT2D eigenvalue weighted by atomic mass is 10.1. The smallest absolute Gasteiger partial charge is 0.264 e. The van der Waals surface area contributed by atoms with Crippen LogP contribution in [0.15, 0.2) is 36.7 Å². The maximum atomic E-state index is 13.2. The van der Waals surface area contributed by atoms with Crippen molar-refractivity contribution >= 4 is 54.7 Å². The van der Waals surface area contributed by atoms with Crippen molar-refractivity contribution in [3.05, 3.63) is 52.0 Å². The van der Waals surface area contributed by atoms with Crippen LogP contribution < -0.4 is 5.32 Å². The van der Waals surface area contributed by atoms with Crippen molar-refractivity contribution in [2.24, 2.45) is 0 Å². The van der Waals surface area contributed by atoms with E-state index in [4.69, 9.17) is 0 Å². The number of likely N-dealkylation sites (tertiary alicyclic amines) is 1. The van der Waals surface area contributed by atoms with Crippen LogP contribution in [0, 0.1) is 6.92 Å². The summed E-state index contributed by atoms with van der Waals surface area (Å²) in [4.78, 5) is 26.6. The Bertz CT molecular complexity index is 1200. The minimum Gasteiger partial charge on any atom is -0.394 e. The summed E-state index contributed by atoms with van der Waals surface area (Å²) >= 11 is 3.18. The standard InChI is InChI=1S/C22H22N4O2S2/c1-13-18-20(23-10-16-9-14-5-2-3-7-17(14)29-16)24-12-25-21(18)30-19(13)22(28)26-8-4-6-15(26)11-27/h2-3,5,7,9,12,15,27H,4,6,8,10-11H2,1H3,(H,23,24,25)/t15-/m0/s1. The Kier molecular flexibility index (Phi) is 5.14. The number of fused-ring (bicyclic) bond motifs is 2. The molecule has 154 valence electrons. The molecule has 1 saturated heterocycles. The molecule has 0 saturated carbocycles. The van der Waals surface area contributed by atoms with Crippen LogP contribution in [0.5, 0.6) is 0 Å². The molecule has 0 aliphatic carbocycles. The molecule has 8 heteroatoms. The van der Waals surface area contributed by atoms with Gasteiger partial charge >= 0.3 is 0 Å². The number of aryl methyl sites for hydroxylation is 1. The second-order valence-electron chi connectivity index (χ2n) is 7.54. The Morgan fingerprint density at radius 2 is 2.17 bits per heavy atom. The maximum Gasteiger partial charge on any atom is 0.264 e. The first kappa shape index (κ1) is 19.4. The topological polar surface area (TPSA) is 78.4 Å². The predicted molar refractivity (Wildman–Crippen MR) is 122 cm³/mol. The molecule has 3 aromatic heterocycles. The fraction of sp³-hybridized carbons (Fsp3) is 0.318. The van der Waals surface area contributed by atoms with E-state index in [-0.39, 0.29) is 18.6 Å². The molecule has 5 rings (SSSR count). The number of aliphatic hydroxyl groups is 1. The molecule has 6 nitrogen and oxygen atoms in total. The molecule has 0 bridgehead atoms. The van der Waals surface area contributed by atoms with Gasteiger partial charge in [-0.05, 0) is 42.8 Å². The summed E-state index contributed by atoms with van der Waals surface area (Å²) in [5, 5.41) is 15.2. The van der Waals surface area contributed by atoms with Crippen molar-refractivity contribution in [1.29, 1.82) is 0 Å². The number of hydrogen-bond donors (Lipinski definition) is 2. The summed E-state index contributed by atoms with van der Waals surface area (Å²) < 4.78 is 1.27. The van der Waals surface area contributed by atoms with E-state index >= 15 is 0 Å². The molecule has 1 fully saturated rings. The van der Waals surface area contributed by atoms with Crippen molar-refractivity contribution in [3.8, 4) is 0 Å². The van der Waals surface area contributed by atoms with Gasteiger partial charge in [0.05, 0.1) is 29.5 Å². The van der Waals surface area contributed by atoms with E-state index in [0.29, 0.717) is 18.0 Å². The second-order valence-corrected chi connectivity index (χ2v) is 9.71. The minimum absolute atomic E-state index is 0.0114. The van der Waals surface area contributed by atoms with Crippen LogP contribution >= 0.6 is 22.7 Å². The number of amides is 1. The van der Waals surface area contributed by atoms with E-state index < -0.39 is 0 Å².